The Morgan fingerprint density at radius 2 is 1.00 bits per heavy atom. The van der Waals surface area contributed by atoms with Crippen molar-refractivity contribution < 1.29 is 9.59 Å². The normalized spacial score (nSPS) is 11.4. The van der Waals surface area contributed by atoms with Crippen LogP contribution in [0.25, 0.3) is 0 Å². The largest absolute Gasteiger partial charge is 0.382 e. The number of guanidine groups is 2. The van der Waals surface area contributed by atoms with E-state index < -0.39 is 11.8 Å². The fraction of sp³-hybridized carbons (Fsp3) is 0.143. The molecule has 0 aliphatic heterocycles. The van der Waals surface area contributed by atoms with Gasteiger partial charge in [-0.3, -0.25) is 20.2 Å². The summed E-state index contributed by atoms with van der Waals surface area (Å²) in [6, 6.07) is 7.09. The summed E-state index contributed by atoms with van der Waals surface area (Å²) in [6.45, 7) is 0.314. The predicted octanol–water partition coefficient (Wildman–Crippen LogP) is 0.0277. The number of hydrogen-bond acceptors (Lipinski definition) is 12. The minimum absolute atomic E-state index is 0. The van der Waals surface area contributed by atoms with Gasteiger partial charge in [0.1, 0.15) is 0 Å². The summed E-state index contributed by atoms with van der Waals surface area (Å²) >= 11 is 11.6. The minimum atomic E-state index is -0.745. The van der Waals surface area contributed by atoms with Gasteiger partial charge in [-0.15, -0.1) is 0 Å². The third-order valence-electron chi connectivity index (χ3n) is 4.61. The summed E-state index contributed by atoms with van der Waals surface area (Å²) < 4.78 is 0. The van der Waals surface area contributed by atoms with Crippen molar-refractivity contribution in [3.05, 3.63) is 57.1 Å². The molecule has 0 spiro atoms. The third kappa shape index (κ3) is 8.01. The first kappa shape index (κ1) is 30.3. The Bertz CT molecular complexity index is 1340. The maximum atomic E-state index is 12.3. The van der Waals surface area contributed by atoms with Crippen molar-refractivity contribution in [3.63, 3.8) is 0 Å². The molecule has 0 fully saturated rings. The smallest absolute Gasteiger partial charge is 0.280 e. The predicted molar refractivity (Wildman–Crippen MR) is 150 cm³/mol. The van der Waals surface area contributed by atoms with Gasteiger partial charge in [0.05, 0.1) is 13.1 Å². The van der Waals surface area contributed by atoms with E-state index in [0.717, 1.165) is 11.1 Å². The number of anilines is 4. The molecule has 39 heavy (non-hydrogen) atoms. The number of carbonyl (C=O) groups excluding carboxylic acids is 2. The summed E-state index contributed by atoms with van der Waals surface area (Å²) in [5.41, 5.74) is 34.9. The number of aromatic nitrogens is 4. The van der Waals surface area contributed by atoms with Crippen LogP contribution in [0, 0.1) is 0 Å². The molecule has 0 unspecified atom stereocenters. The number of carbonyl (C=O) groups is 2. The van der Waals surface area contributed by atoms with Crippen LogP contribution < -0.4 is 45.0 Å². The highest BCUT2D eigenvalue weighted by atomic mass is 35.5. The number of nitrogen functional groups attached to an aromatic ring is 4. The Kier molecular flexibility index (Phi) is 10.1. The highest BCUT2D eigenvalue weighted by molar-refractivity contribution is 6.32. The molecule has 3 rings (SSSR count). The van der Waals surface area contributed by atoms with Crippen molar-refractivity contribution in [3.8, 4) is 0 Å². The molecule has 2 aromatic heterocycles. The summed E-state index contributed by atoms with van der Waals surface area (Å²) in [6.07, 6.45) is 0. The van der Waals surface area contributed by atoms with Crippen molar-refractivity contribution in [1.82, 2.24) is 30.6 Å². The van der Waals surface area contributed by atoms with Gasteiger partial charge in [-0.05, 0) is 11.1 Å². The van der Waals surface area contributed by atoms with Crippen LogP contribution in [0.1, 0.15) is 39.5 Å². The van der Waals surface area contributed by atoms with Gasteiger partial charge in [0, 0.05) is 0 Å². The highest BCUT2D eigenvalue weighted by Crippen LogP contribution is 2.18. The van der Waals surface area contributed by atoms with Gasteiger partial charge >= 0.3 is 0 Å². The number of rotatable bonds is 6. The summed E-state index contributed by atoms with van der Waals surface area (Å²) in [5, 5.41) is 4.36. The Labute approximate surface area is 232 Å². The molecule has 2 amide bonds. The lowest BCUT2D eigenvalue weighted by molar-refractivity contribution is 0.0964. The van der Waals surface area contributed by atoms with Crippen LogP contribution in [0.3, 0.4) is 0 Å². The number of nitrogens with zero attached hydrogens (tertiary/aromatic N) is 6. The number of aliphatic imine (C=N–C) groups is 2. The monoisotopic (exact) mass is 576 g/mol. The second-order valence-corrected chi connectivity index (χ2v) is 8.11. The molecule has 0 saturated carbocycles. The standard InChI is InChI=1S/C20H22Cl2N14O2.CH4/c21-11-15(25)33-13(23)9(31-11)17(37)35-19(27)29-5-7-1-2-8(4-3-7)6-30-20(28)36-18(38)10-14(24)34-16(26)12(22)32-10;/h1-4H,5-6H2,(H4,23,25,33)(H4,24,26,34)(H3,27,29,35,37)(H3,28,30,36,38);1H4. The van der Waals surface area contributed by atoms with Crippen molar-refractivity contribution in [1.29, 1.82) is 0 Å². The zero-order chi connectivity index (χ0) is 28.0. The molecule has 206 valence electrons. The third-order valence-corrected chi connectivity index (χ3v) is 5.17. The molecule has 0 radical (unpaired) electrons. The van der Waals surface area contributed by atoms with Gasteiger partial charge in [0.25, 0.3) is 11.8 Å². The first-order valence-corrected chi connectivity index (χ1v) is 11.2. The van der Waals surface area contributed by atoms with E-state index in [-0.39, 0.29) is 77.4 Å². The van der Waals surface area contributed by atoms with E-state index in [1.807, 2.05) is 0 Å². The van der Waals surface area contributed by atoms with Crippen LogP contribution in [0.4, 0.5) is 23.3 Å². The molecule has 14 N–H and O–H groups in total. The van der Waals surface area contributed by atoms with Gasteiger partial charge in [-0.1, -0.05) is 54.9 Å². The average molecular weight is 577 g/mol. The maximum absolute atomic E-state index is 12.3. The van der Waals surface area contributed by atoms with E-state index >= 15 is 0 Å². The Morgan fingerprint density at radius 1 is 0.667 bits per heavy atom. The van der Waals surface area contributed by atoms with E-state index in [1.165, 1.54) is 0 Å². The molecule has 0 aliphatic carbocycles. The number of amides is 2. The Balaban J connectivity index is 0.00000533. The number of hydrogen-bond donors (Lipinski definition) is 8. The highest BCUT2D eigenvalue weighted by Gasteiger charge is 2.17. The fourth-order valence-electron chi connectivity index (χ4n) is 2.75. The van der Waals surface area contributed by atoms with Crippen LogP contribution in [0.5, 0.6) is 0 Å². The van der Waals surface area contributed by atoms with Crippen LogP contribution in [0.15, 0.2) is 34.3 Å². The van der Waals surface area contributed by atoms with E-state index in [2.05, 4.69) is 40.6 Å². The SMILES string of the molecule is C.NC(=NCc1ccc(CN=C(N)NC(=O)c2nc(Cl)c(N)nc2N)cc1)NC(=O)c1nc(Cl)c(N)nc1N. The number of halogens is 2. The lowest BCUT2D eigenvalue weighted by atomic mass is 10.1. The van der Waals surface area contributed by atoms with Crippen LogP contribution >= 0.6 is 23.2 Å². The molecule has 0 atom stereocenters. The summed E-state index contributed by atoms with van der Waals surface area (Å²) in [7, 11) is 0. The van der Waals surface area contributed by atoms with Gasteiger partial charge in [0.15, 0.2) is 56.9 Å². The van der Waals surface area contributed by atoms with Crippen molar-refractivity contribution >= 4 is 70.2 Å². The number of nitrogens with one attached hydrogen (secondary N) is 2. The second kappa shape index (κ2) is 13.0. The minimum Gasteiger partial charge on any atom is -0.382 e. The van der Waals surface area contributed by atoms with E-state index in [9.17, 15) is 9.59 Å². The van der Waals surface area contributed by atoms with E-state index in [4.69, 9.17) is 57.6 Å². The van der Waals surface area contributed by atoms with Crippen molar-refractivity contribution in [2.45, 2.75) is 20.5 Å². The fourth-order valence-corrected chi connectivity index (χ4v) is 3.00. The molecule has 0 bridgehead atoms. The molecule has 18 heteroatoms. The van der Waals surface area contributed by atoms with Gasteiger partial charge < -0.3 is 34.4 Å². The quantitative estimate of drug-likeness (QED) is 0.142. The van der Waals surface area contributed by atoms with Crippen LogP contribution in [0.2, 0.25) is 10.3 Å². The second-order valence-electron chi connectivity index (χ2n) is 7.39. The lowest BCUT2D eigenvalue weighted by Crippen LogP contribution is -2.37. The first-order chi connectivity index (χ1) is 17.9. The van der Waals surface area contributed by atoms with Crippen LogP contribution in [-0.2, 0) is 13.1 Å². The Hall–Kier alpha value is -4.96. The summed E-state index contributed by atoms with van der Waals surface area (Å²) in [4.78, 5) is 47.8. The topological polar surface area (TPSA) is 291 Å². The molecular weight excluding hydrogens is 551 g/mol. The number of benzene rings is 1. The average Bonchev–Trinajstić information content (AvgIpc) is 2.86. The van der Waals surface area contributed by atoms with Gasteiger partial charge in [0.2, 0.25) is 0 Å². The van der Waals surface area contributed by atoms with E-state index in [1.54, 1.807) is 24.3 Å². The molecule has 16 nitrogen and oxygen atoms in total. The Morgan fingerprint density at radius 3 is 1.33 bits per heavy atom. The first-order valence-electron chi connectivity index (χ1n) is 10.4. The molecule has 0 aliphatic rings. The molecular formula is C21H26Cl2N14O2. The van der Waals surface area contributed by atoms with Gasteiger partial charge in [-0.25, -0.2) is 29.9 Å². The summed E-state index contributed by atoms with van der Waals surface area (Å²) in [5.74, 6) is -2.45. The maximum Gasteiger partial charge on any atom is 0.280 e. The molecule has 0 saturated heterocycles. The molecule has 2 heterocycles. The van der Waals surface area contributed by atoms with Gasteiger partial charge in [-0.2, -0.15) is 0 Å². The van der Waals surface area contributed by atoms with Crippen molar-refractivity contribution in [2.24, 2.45) is 21.5 Å². The number of nitrogens with two attached hydrogens (primary N) is 6. The van der Waals surface area contributed by atoms with Crippen molar-refractivity contribution in [2.75, 3.05) is 22.9 Å². The zero-order valence-corrected chi connectivity index (χ0v) is 21.0. The lowest BCUT2D eigenvalue weighted by Gasteiger charge is -2.08. The van der Waals surface area contributed by atoms with E-state index in [0.29, 0.717) is 0 Å². The van der Waals surface area contributed by atoms with Crippen LogP contribution in [-0.4, -0.2) is 43.7 Å². The molecule has 1 aromatic carbocycles. The zero-order valence-electron chi connectivity index (χ0n) is 19.4. The molecule has 3 aromatic rings.